The molecule has 1 atom stereocenters. The standard InChI is InChI=1S/C16H16BrClFNO/c1-9-4-5-12(15(6-9)21-3)10(2)20-16-13(17)7-11(19)8-14(16)18/h4-8,10,20H,1-3H3. The highest BCUT2D eigenvalue weighted by atomic mass is 79.9. The number of benzene rings is 2. The molecule has 0 aliphatic heterocycles. The summed E-state index contributed by atoms with van der Waals surface area (Å²) in [6.07, 6.45) is 0. The van der Waals surface area contributed by atoms with Crippen molar-refractivity contribution in [3.8, 4) is 5.75 Å². The summed E-state index contributed by atoms with van der Waals surface area (Å²) in [7, 11) is 1.64. The van der Waals surface area contributed by atoms with Crippen LogP contribution in [0.1, 0.15) is 24.1 Å². The summed E-state index contributed by atoms with van der Waals surface area (Å²) < 4.78 is 19.3. The maximum absolute atomic E-state index is 13.3. The first-order chi connectivity index (χ1) is 9.92. The highest BCUT2D eigenvalue weighted by Crippen LogP contribution is 2.36. The minimum absolute atomic E-state index is 0.0418. The molecule has 1 unspecified atom stereocenters. The van der Waals surface area contributed by atoms with Gasteiger partial charge in [0.05, 0.1) is 23.9 Å². The van der Waals surface area contributed by atoms with Crippen molar-refractivity contribution in [1.29, 1.82) is 0 Å². The Balaban J connectivity index is 2.32. The van der Waals surface area contributed by atoms with E-state index in [0.717, 1.165) is 16.9 Å². The molecule has 2 aromatic carbocycles. The third kappa shape index (κ3) is 3.69. The fourth-order valence-corrected chi connectivity index (χ4v) is 3.07. The molecule has 0 saturated heterocycles. The van der Waals surface area contributed by atoms with Gasteiger partial charge in [0.2, 0.25) is 0 Å². The molecule has 0 aliphatic rings. The van der Waals surface area contributed by atoms with Gasteiger partial charge in [-0.1, -0.05) is 23.7 Å². The molecule has 0 heterocycles. The predicted molar refractivity (Wildman–Crippen MR) is 88.9 cm³/mol. The van der Waals surface area contributed by atoms with Gasteiger partial charge in [-0.2, -0.15) is 0 Å². The zero-order chi connectivity index (χ0) is 15.6. The van der Waals surface area contributed by atoms with Gasteiger partial charge < -0.3 is 10.1 Å². The summed E-state index contributed by atoms with van der Waals surface area (Å²) >= 11 is 9.43. The Morgan fingerprint density at radius 3 is 2.62 bits per heavy atom. The zero-order valence-electron chi connectivity index (χ0n) is 12.0. The third-order valence-corrected chi connectivity index (χ3v) is 4.15. The van der Waals surface area contributed by atoms with Gasteiger partial charge in [0.25, 0.3) is 0 Å². The van der Waals surface area contributed by atoms with Crippen LogP contribution in [0.4, 0.5) is 10.1 Å². The predicted octanol–water partition coefficient (Wildman–Crippen LogP) is 5.73. The first kappa shape index (κ1) is 16.1. The molecule has 5 heteroatoms. The van der Waals surface area contributed by atoms with Gasteiger partial charge in [0.15, 0.2) is 0 Å². The van der Waals surface area contributed by atoms with E-state index in [9.17, 15) is 4.39 Å². The molecule has 2 nitrogen and oxygen atoms in total. The molecule has 0 amide bonds. The Bertz CT molecular complexity index is 640. The van der Waals surface area contributed by atoms with Crippen LogP contribution >= 0.6 is 27.5 Å². The lowest BCUT2D eigenvalue weighted by atomic mass is 10.0. The van der Waals surface area contributed by atoms with Gasteiger partial charge in [0, 0.05) is 10.0 Å². The zero-order valence-corrected chi connectivity index (χ0v) is 14.3. The van der Waals surface area contributed by atoms with Crippen LogP contribution < -0.4 is 10.1 Å². The van der Waals surface area contributed by atoms with E-state index in [2.05, 4.69) is 21.2 Å². The number of hydrogen-bond donors (Lipinski definition) is 1. The van der Waals surface area contributed by atoms with Gasteiger partial charge in [-0.3, -0.25) is 0 Å². The van der Waals surface area contributed by atoms with Gasteiger partial charge in [0.1, 0.15) is 11.6 Å². The highest BCUT2D eigenvalue weighted by molar-refractivity contribution is 9.10. The number of anilines is 1. The summed E-state index contributed by atoms with van der Waals surface area (Å²) in [5.41, 5.74) is 2.80. The lowest BCUT2D eigenvalue weighted by Crippen LogP contribution is -2.09. The van der Waals surface area contributed by atoms with Crippen LogP contribution in [0.3, 0.4) is 0 Å². The first-order valence-corrected chi connectivity index (χ1v) is 7.65. The second-order valence-corrected chi connectivity index (χ2v) is 6.12. The average Bonchev–Trinajstić information content (AvgIpc) is 2.42. The van der Waals surface area contributed by atoms with Crippen LogP contribution in [0, 0.1) is 12.7 Å². The van der Waals surface area contributed by atoms with Crippen LogP contribution in [0.15, 0.2) is 34.8 Å². The Labute approximate surface area is 137 Å². The number of hydrogen-bond acceptors (Lipinski definition) is 2. The highest BCUT2D eigenvalue weighted by Gasteiger charge is 2.15. The summed E-state index contributed by atoms with van der Waals surface area (Å²) in [6, 6.07) is 8.64. The van der Waals surface area contributed by atoms with Crippen molar-refractivity contribution in [3.63, 3.8) is 0 Å². The minimum Gasteiger partial charge on any atom is -0.496 e. The van der Waals surface area contributed by atoms with Gasteiger partial charge >= 0.3 is 0 Å². The lowest BCUT2D eigenvalue weighted by Gasteiger charge is -2.20. The maximum Gasteiger partial charge on any atom is 0.125 e. The number of halogens is 3. The van der Waals surface area contributed by atoms with Crippen molar-refractivity contribution >= 4 is 33.2 Å². The summed E-state index contributed by atoms with van der Waals surface area (Å²) in [5, 5.41) is 3.62. The fraction of sp³-hybridized carbons (Fsp3) is 0.250. The smallest absolute Gasteiger partial charge is 0.125 e. The number of rotatable bonds is 4. The van der Waals surface area contributed by atoms with Crippen molar-refractivity contribution in [2.24, 2.45) is 0 Å². The second kappa shape index (κ2) is 6.67. The summed E-state index contributed by atoms with van der Waals surface area (Å²) in [5.74, 6) is 0.433. The summed E-state index contributed by atoms with van der Waals surface area (Å²) in [4.78, 5) is 0. The molecule has 0 bridgehead atoms. The van der Waals surface area contributed by atoms with E-state index in [0.29, 0.717) is 15.2 Å². The van der Waals surface area contributed by atoms with Gasteiger partial charge in [-0.05, 0) is 53.5 Å². The Morgan fingerprint density at radius 2 is 2.00 bits per heavy atom. The molecule has 2 rings (SSSR count). The second-order valence-electron chi connectivity index (χ2n) is 4.86. The quantitative estimate of drug-likeness (QED) is 0.740. The summed E-state index contributed by atoms with van der Waals surface area (Å²) in [6.45, 7) is 4.01. The number of methoxy groups -OCH3 is 1. The first-order valence-electron chi connectivity index (χ1n) is 6.48. The minimum atomic E-state index is -0.377. The Morgan fingerprint density at radius 1 is 1.29 bits per heavy atom. The van der Waals surface area contributed by atoms with Gasteiger partial charge in [-0.15, -0.1) is 0 Å². The van der Waals surface area contributed by atoms with E-state index >= 15 is 0 Å². The normalized spacial score (nSPS) is 12.1. The van der Waals surface area contributed by atoms with Crippen LogP contribution in [0.5, 0.6) is 5.75 Å². The molecule has 1 N–H and O–H groups in total. The van der Waals surface area contributed by atoms with Gasteiger partial charge in [-0.25, -0.2) is 4.39 Å². The largest absolute Gasteiger partial charge is 0.496 e. The molecular formula is C16H16BrClFNO. The third-order valence-electron chi connectivity index (χ3n) is 3.22. The number of ether oxygens (including phenoxy) is 1. The fourth-order valence-electron chi connectivity index (χ4n) is 2.15. The molecule has 0 radical (unpaired) electrons. The van der Waals surface area contributed by atoms with Crippen LogP contribution in [0.25, 0.3) is 0 Å². The monoisotopic (exact) mass is 371 g/mol. The molecule has 0 aromatic heterocycles. The Kier molecular flexibility index (Phi) is 5.12. The van der Waals surface area contributed by atoms with E-state index in [1.165, 1.54) is 12.1 Å². The van der Waals surface area contributed by atoms with E-state index in [-0.39, 0.29) is 11.9 Å². The molecule has 0 saturated carbocycles. The topological polar surface area (TPSA) is 21.3 Å². The lowest BCUT2D eigenvalue weighted by molar-refractivity contribution is 0.407. The van der Waals surface area contributed by atoms with Crippen LogP contribution in [0.2, 0.25) is 5.02 Å². The average molecular weight is 373 g/mol. The van der Waals surface area contributed by atoms with E-state index in [1.54, 1.807) is 7.11 Å². The molecular weight excluding hydrogens is 357 g/mol. The van der Waals surface area contributed by atoms with Crippen molar-refractivity contribution in [1.82, 2.24) is 0 Å². The molecule has 0 aliphatic carbocycles. The molecule has 0 fully saturated rings. The number of nitrogens with one attached hydrogen (secondary N) is 1. The van der Waals surface area contributed by atoms with Crippen molar-refractivity contribution in [3.05, 3.63) is 56.8 Å². The Hall–Kier alpha value is -1.26. The van der Waals surface area contributed by atoms with E-state index in [4.69, 9.17) is 16.3 Å². The molecule has 112 valence electrons. The molecule has 21 heavy (non-hydrogen) atoms. The van der Waals surface area contributed by atoms with Crippen molar-refractivity contribution in [2.75, 3.05) is 12.4 Å². The number of aryl methyl sites for hydroxylation is 1. The van der Waals surface area contributed by atoms with E-state index < -0.39 is 0 Å². The van der Waals surface area contributed by atoms with Crippen molar-refractivity contribution < 1.29 is 9.13 Å². The molecule has 0 spiro atoms. The molecule has 2 aromatic rings. The maximum atomic E-state index is 13.3. The van der Waals surface area contributed by atoms with E-state index in [1.807, 2.05) is 32.0 Å². The van der Waals surface area contributed by atoms with Crippen LogP contribution in [-0.2, 0) is 0 Å². The van der Waals surface area contributed by atoms with Crippen molar-refractivity contribution in [2.45, 2.75) is 19.9 Å². The van der Waals surface area contributed by atoms with Crippen LogP contribution in [-0.4, -0.2) is 7.11 Å². The SMILES string of the molecule is COc1cc(C)ccc1C(C)Nc1c(Cl)cc(F)cc1Br.